The lowest BCUT2D eigenvalue weighted by molar-refractivity contribution is -0.122. The Morgan fingerprint density at radius 1 is 1.13 bits per heavy atom. The monoisotopic (exact) mass is 307 g/mol. The maximum absolute atomic E-state index is 11.8. The number of carbonyl (C=O) groups is 1. The summed E-state index contributed by atoms with van der Waals surface area (Å²) < 4.78 is 0. The number of nitrogens with two attached hydrogens (primary N) is 1. The predicted octanol–water partition coefficient (Wildman–Crippen LogP) is 2.64. The second kappa shape index (κ2) is 8.11. The Balaban J connectivity index is 2.02. The fourth-order valence-electron chi connectivity index (χ4n) is 2.29. The van der Waals surface area contributed by atoms with Gasteiger partial charge in [-0.2, -0.15) is 5.26 Å². The minimum atomic E-state index is -0.567. The Hall–Kier alpha value is -2.64. The Bertz CT molecular complexity index is 674. The van der Waals surface area contributed by atoms with Gasteiger partial charge in [-0.15, -0.1) is 0 Å². The van der Waals surface area contributed by atoms with Crippen molar-refractivity contribution in [3.05, 3.63) is 60.2 Å². The summed E-state index contributed by atoms with van der Waals surface area (Å²) in [4.78, 5) is 11.8. The van der Waals surface area contributed by atoms with Crippen molar-refractivity contribution in [2.24, 2.45) is 5.73 Å². The molecule has 0 fully saturated rings. The summed E-state index contributed by atoms with van der Waals surface area (Å²) in [6.45, 7) is 1.84. The van der Waals surface area contributed by atoms with E-state index in [-0.39, 0.29) is 5.91 Å². The van der Waals surface area contributed by atoms with E-state index in [1.54, 1.807) is 0 Å². The second-order valence-electron chi connectivity index (χ2n) is 5.47. The molecule has 3 N–H and O–H groups in total. The molecule has 2 aromatic rings. The number of nitriles is 1. The lowest BCUT2D eigenvalue weighted by Gasteiger charge is -2.15. The smallest absolute Gasteiger partial charge is 0.237 e. The van der Waals surface area contributed by atoms with Crippen molar-refractivity contribution in [2.45, 2.75) is 31.8 Å². The molecule has 0 aliphatic rings. The van der Waals surface area contributed by atoms with E-state index in [4.69, 9.17) is 5.73 Å². The highest BCUT2D eigenvalue weighted by molar-refractivity contribution is 5.82. The molecule has 2 atom stereocenters. The van der Waals surface area contributed by atoms with Gasteiger partial charge in [0, 0.05) is 6.42 Å². The van der Waals surface area contributed by atoms with Crippen molar-refractivity contribution >= 4 is 5.91 Å². The number of benzene rings is 2. The van der Waals surface area contributed by atoms with Crippen LogP contribution in [0, 0.1) is 11.3 Å². The van der Waals surface area contributed by atoms with Gasteiger partial charge < -0.3 is 11.1 Å². The van der Waals surface area contributed by atoms with Gasteiger partial charge in [-0.1, -0.05) is 61.5 Å². The summed E-state index contributed by atoms with van der Waals surface area (Å²) in [5, 5.41) is 11.9. The predicted molar refractivity (Wildman–Crippen MR) is 91.4 cm³/mol. The number of nitrogens with zero attached hydrogens (tertiary/aromatic N) is 1. The third-order valence-electron chi connectivity index (χ3n) is 3.75. The quantitative estimate of drug-likeness (QED) is 0.861. The van der Waals surface area contributed by atoms with Crippen LogP contribution in [0.2, 0.25) is 0 Å². The van der Waals surface area contributed by atoms with Crippen LogP contribution in [0.25, 0.3) is 11.1 Å². The topological polar surface area (TPSA) is 78.9 Å². The highest BCUT2D eigenvalue weighted by Crippen LogP contribution is 2.19. The molecule has 0 aliphatic carbocycles. The van der Waals surface area contributed by atoms with E-state index in [0.29, 0.717) is 12.8 Å². The van der Waals surface area contributed by atoms with Crippen LogP contribution in [0.15, 0.2) is 54.6 Å². The summed E-state index contributed by atoms with van der Waals surface area (Å²) in [5.74, 6) is -0.278. The molecule has 2 aromatic carbocycles. The van der Waals surface area contributed by atoms with Crippen molar-refractivity contribution in [1.29, 1.82) is 5.26 Å². The molecule has 0 spiro atoms. The minimum absolute atomic E-state index is 0.278. The molecular weight excluding hydrogens is 286 g/mol. The molecule has 0 radical (unpaired) electrons. The number of carbonyl (C=O) groups excluding carboxylic acids is 1. The number of amides is 1. The molecule has 0 aromatic heterocycles. The van der Waals surface area contributed by atoms with E-state index in [0.717, 1.165) is 16.7 Å². The zero-order valence-electron chi connectivity index (χ0n) is 13.2. The SMILES string of the molecule is CCC(N)C(=O)N[C@H](C#N)Cc1ccc(-c2ccccc2)cc1. The molecule has 0 saturated heterocycles. The highest BCUT2D eigenvalue weighted by Gasteiger charge is 2.16. The van der Waals surface area contributed by atoms with E-state index < -0.39 is 12.1 Å². The van der Waals surface area contributed by atoms with E-state index in [1.807, 2.05) is 49.4 Å². The normalized spacial score (nSPS) is 12.9. The summed E-state index contributed by atoms with van der Waals surface area (Å²) in [5.41, 5.74) is 8.95. The van der Waals surface area contributed by atoms with Gasteiger partial charge in [0.2, 0.25) is 5.91 Å². The molecule has 2 rings (SSSR count). The standard InChI is InChI=1S/C19H21N3O/c1-2-18(21)19(23)22-17(13-20)12-14-8-10-16(11-9-14)15-6-4-3-5-7-15/h3-11,17-18H,2,12,21H2,1H3,(H,22,23)/t17-,18?/m0/s1. The van der Waals surface area contributed by atoms with E-state index in [2.05, 4.69) is 23.5 Å². The third kappa shape index (κ3) is 4.67. The lowest BCUT2D eigenvalue weighted by atomic mass is 10.0. The summed E-state index contributed by atoms with van der Waals surface area (Å²) in [6, 6.07) is 19.1. The van der Waals surface area contributed by atoms with Gasteiger partial charge in [-0.05, 0) is 23.1 Å². The average Bonchev–Trinajstić information content (AvgIpc) is 2.61. The van der Waals surface area contributed by atoms with Crippen molar-refractivity contribution < 1.29 is 4.79 Å². The van der Waals surface area contributed by atoms with Gasteiger partial charge in [-0.3, -0.25) is 4.79 Å². The zero-order chi connectivity index (χ0) is 16.7. The average molecular weight is 307 g/mol. The molecule has 0 aliphatic heterocycles. The van der Waals surface area contributed by atoms with Crippen molar-refractivity contribution in [3.63, 3.8) is 0 Å². The highest BCUT2D eigenvalue weighted by atomic mass is 16.2. The zero-order valence-corrected chi connectivity index (χ0v) is 13.2. The van der Waals surface area contributed by atoms with E-state index in [1.165, 1.54) is 0 Å². The Labute approximate surface area is 136 Å². The van der Waals surface area contributed by atoms with Gasteiger partial charge in [0.1, 0.15) is 6.04 Å². The van der Waals surface area contributed by atoms with Crippen LogP contribution in [-0.4, -0.2) is 18.0 Å². The first-order chi connectivity index (χ1) is 11.1. The van der Waals surface area contributed by atoms with E-state index in [9.17, 15) is 10.1 Å². The van der Waals surface area contributed by atoms with Gasteiger partial charge in [0.05, 0.1) is 12.1 Å². The molecule has 118 valence electrons. The Morgan fingerprint density at radius 3 is 2.30 bits per heavy atom. The summed E-state index contributed by atoms with van der Waals surface area (Å²) in [6.07, 6.45) is 1.02. The maximum Gasteiger partial charge on any atom is 0.237 e. The first kappa shape index (κ1) is 16.7. The molecule has 0 heterocycles. The van der Waals surface area contributed by atoms with Crippen LogP contribution >= 0.6 is 0 Å². The molecule has 0 bridgehead atoms. The van der Waals surface area contributed by atoms with Crippen LogP contribution in [-0.2, 0) is 11.2 Å². The minimum Gasteiger partial charge on any atom is -0.339 e. The van der Waals surface area contributed by atoms with Crippen LogP contribution in [0.3, 0.4) is 0 Å². The molecule has 4 heteroatoms. The second-order valence-corrected chi connectivity index (χ2v) is 5.47. The first-order valence-corrected chi connectivity index (χ1v) is 7.74. The summed E-state index contributed by atoms with van der Waals surface area (Å²) >= 11 is 0. The number of hydrogen-bond donors (Lipinski definition) is 2. The van der Waals surface area contributed by atoms with Crippen molar-refractivity contribution in [1.82, 2.24) is 5.32 Å². The fraction of sp³-hybridized carbons (Fsp3) is 0.263. The molecule has 0 saturated carbocycles. The Kier molecular flexibility index (Phi) is 5.90. The third-order valence-corrected chi connectivity index (χ3v) is 3.75. The van der Waals surface area contributed by atoms with Crippen LogP contribution < -0.4 is 11.1 Å². The number of hydrogen-bond acceptors (Lipinski definition) is 3. The van der Waals surface area contributed by atoms with Gasteiger partial charge in [0.25, 0.3) is 0 Å². The van der Waals surface area contributed by atoms with Crippen LogP contribution in [0.5, 0.6) is 0 Å². The van der Waals surface area contributed by atoms with Gasteiger partial charge in [0.15, 0.2) is 0 Å². The molecule has 1 amide bonds. The van der Waals surface area contributed by atoms with Crippen molar-refractivity contribution in [2.75, 3.05) is 0 Å². The van der Waals surface area contributed by atoms with E-state index >= 15 is 0 Å². The molecule has 4 nitrogen and oxygen atoms in total. The first-order valence-electron chi connectivity index (χ1n) is 7.74. The van der Waals surface area contributed by atoms with Crippen LogP contribution in [0.1, 0.15) is 18.9 Å². The molecule has 1 unspecified atom stereocenters. The van der Waals surface area contributed by atoms with Gasteiger partial charge in [-0.25, -0.2) is 0 Å². The molecule has 23 heavy (non-hydrogen) atoms. The number of nitrogens with one attached hydrogen (secondary N) is 1. The fourth-order valence-corrected chi connectivity index (χ4v) is 2.29. The van der Waals surface area contributed by atoms with Gasteiger partial charge >= 0.3 is 0 Å². The lowest BCUT2D eigenvalue weighted by Crippen LogP contribution is -2.45. The molecular formula is C19H21N3O. The van der Waals surface area contributed by atoms with Crippen LogP contribution in [0.4, 0.5) is 0 Å². The number of rotatable bonds is 6. The van der Waals surface area contributed by atoms with Crippen molar-refractivity contribution in [3.8, 4) is 17.2 Å². The largest absolute Gasteiger partial charge is 0.339 e. The summed E-state index contributed by atoms with van der Waals surface area (Å²) in [7, 11) is 0. The maximum atomic E-state index is 11.8. The Morgan fingerprint density at radius 2 is 1.74 bits per heavy atom.